The molecule has 0 aliphatic carbocycles. The average molecular weight is 718 g/mol. The zero-order valence-corrected chi connectivity index (χ0v) is 30.1. The SMILES string of the molecule is c1ccc(-c2cc(-c3ccccc3-c3ccccn3)nc(-c3ccc(-c4ccc(-c5cccc6oc7ccccc7c56)c5oc6ccccc6c45)cc3)n2)cc1. The maximum Gasteiger partial charge on any atom is 0.160 e. The Balaban J connectivity index is 1.06. The van der Waals surface area contributed by atoms with Crippen LogP contribution in [0.4, 0.5) is 0 Å². The fraction of sp³-hybridized carbons (Fsp3) is 0. The molecule has 0 saturated heterocycles. The minimum Gasteiger partial charge on any atom is -0.456 e. The van der Waals surface area contributed by atoms with Gasteiger partial charge < -0.3 is 8.83 Å². The Morgan fingerprint density at radius 3 is 1.73 bits per heavy atom. The van der Waals surface area contributed by atoms with E-state index in [1.807, 2.05) is 85.1 Å². The molecule has 262 valence electrons. The van der Waals surface area contributed by atoms with Gasteiger partial charge in [-0.3, -0.25) is 4.98 Å². The summed E-state index contributed by atoms with van der Waals surface area (Å²) in [4.78, 5) is 15.0. The van der Waals surface area contributed by atoms with Crippen molar-refractivity contribution in [1.29, 1.82) is 0 Å². The van der Waals surface area contributed by atoms with Crippen molar-refractivity contribution >= 4 is 43.9 Å². The number of furan rings is 2. The number of benzene rings is 7. The standard InChI is InChI=1S/C51H31N3O2/c1-2-13-33(14-3-1)43-31-44(37-16-5-4-15-36(37)42-20-10-11-30-52-42)54-51(53-43)34-26-24-32(25-27-34)35-28-29-39(50-49(35)41-18-7-9-22-46(41)56-50)38-19-12-23-47-48(38)40-17-6-8-21-45(40)55-47/h1-31H. The molecule has 0 atom stereocenters. The van der Waals surface area contributed by atoms with E-state index in [-0.39, 0.29) is 0 Å². The average Bonchev–Trinajstić information content (AvgIpc) is 3.86. The minimum atomic E-state index is 0.651. The summed E-state index contributed by atoms with van der Waals surface area (Å²) in [6.45, 7) is 0. The molecule has 0 N–H and O–H groups in total. The van der Waals surface area contributed by atoms with Crippen LogP contribution < -0.4 is 0 Å². The van der Waals surface area contributed by atoms with Crippen molar-refractivity contribution in [3.8, 4) is 67.4 Å². The van der Waals surface area contributed by atoms with Crippen molar-refractivity contribution < 1.29 is 8.83 Å². The fourth-order valence-corrected chi connectivity index (χ4v) is 8.00. The van der Waals surface area contributed by atoms with Gasteiger partial charge in [-0.15, -0.1) is 0 Å². The molecule has 0 bridgehead atoms. The maximum atomic E-state index is 6.73. The first-order valence-electron chi connectivity index (χ1n) is 18.7. The molecule has 0 aliphatic heterocycles. The number of para-hydroxylation sites is 2. The van der Waals surface area contributed by atoms with Crippen molar-refractivity contribution in [1.82, 2.24) is 15.0 Å². The van der Waals surface area contributed by atoms with Crippen LogP contribution in [0, 0.1) is 0 Å². The largest absolute Gasteiger partial charge is 0.456 e. The maximum absolute atomic E-state index is 6.73. The van der Waals surface area contributed by atoms with E-state index < -0.39 is 0 Å². The first-order valence-corrected chi connectivity index (χ1v) is 18.7. The van der Waals surface area contributed by atoms with Crippen LogP contribution in [0.3, 0.4) is 0 Å². The van der Waals surface area contributed by atoms with Gasteiger partial charge in [-0.2, -0.15) is 0 Å². The summed E-state index contributed by atoms with van der Waals surface area (Å²) < 4.78 is 13.0. The molecule has 56 heavy (non-hydrogen) atoms. The van der Waals surface area contributed by atoms with Gasteiger partial charge in [0, 0.05) is 55.6 Å². The number of fused-ring (bicyclic) bond motifs is 6. The summed E-state index contributed by atoms with van der Waals surface area (Å²) >= 11 is 0. The normalized spacial score (nSPS) is 11.6. The summed E-state index contributed by atoms with van der Waals surface area (Å²) in [7, 11) is 0. The number of hydrogen-bond donors (Lipinski definition) is 0. The molecule has 0 spiro atoms. The van der Waals surface area contributed by atoms with E-state index in [0.717, 1.165) is 105 Å². The first-order chi connectivity index (χ1) is 27.8. The van der Waals surface area contributed by atoms with Gasteiger partial charge in [0.1, 0.15) is 22.3 Å². The topological polar surface area (TPSA) is 65.0 Å². The van der Waals surface area contributed by atoms with Crippen LogP contribution in [0.2, 0.25) is 0 Å². The first kappa shape index (κ1) is 31.9. The van der Waals surface area contributed by atoms with E-state index in [0.29, 0.717) is 5.82 Å². The number of nitrogens with zero attached hydrogens (tertiary/aromatic N) is 3. The van der Waals surface area contributed by atoms with Crippen LogP contribution in [0.5, 0.6) is 0 Å². The number of aromatic nitrogens is 3. The highest BCUT2D eigenvalue weighted by Crippen LogP contribution is 2.45. The zero-order chi connectivity index (χ0) is 37.0. The molecule has 0 fully saturated rings. The van der Waals surface area contributed by atoms with Crippen LogP contribution in [0.15, 0.2) is 197 Å². The van der Waals surface area contributed by atoms with Crippen LogP contribution in [-0.2, 0) is 0 Å². The third kappa shape index (κ3) is 5.29. The zero-order valence-electron chi connectivity index (χ0n) is 30.1. The molecule has 5 nitrogen and oxygen atoms in total. The number of hydrogen-bond acceptors (Lipinski definition) is 5. The highest BCUT2D eigenvalue weighted by molar-refractivity contribution is 6.20. The Morgan fingerprint density at radius 1 is 0.339 bits per heavy atom. The van der Waals surface area contributed by atoms with Gasteiger partial charge in [0.2, 0.25) is 0 Å². The van der Waals surface area contributed by atoms with Crippen molar-refractivity contribution in [3.63, 3.8) is 0 Å². The lowest BCUT2D eigenvalue weighted by Crippen LogP contribution is -1.97. The highest BCUT2D eigenvalue weighted by atomic mass is 16.3. The predicted molar refractivity (Wildman–Crippen MR) is 227 cm³/mol. The van der Waals surface area contributed by atoms with E-state index >= 15 is 0 Å². The second-order valence-corrected chi connectivity index (χ2v) is 13.9. The van der Waals surface area contributed by atoms with Crippen molar-refractivity contribution in [2.45, 2.75) is 0 Å². The summed E-state index contributed by atoms with van der Waals surface area (Å²) in [6.07, 6.45) is 1.82. The Kier molecular flexibility index (Phi) is 7.42. The van der Waals surface area contributed by atoms with E-state index in [9.17, 15) is 0 Å². The monoisotopic (exact) mass is 717 g/mol. The lowest BCUT2D eigenvalue weighted by Gasteiger charge is -2.13. The van der Waals surface area contributed by atoms with Gasteiger partial charge in [0.05, 0.1) is 17.1 Å². The Labute approximate surface area is 322 Å². The van der Waals surface area contributed by atoms with Crippen molar-refractivity contribution in [2.24, 2.45) is 0 Å². The van der Waals surface area contributed by atoms with Crippen molar-refractivity contribution in [3.05, 3.63) is 188 Å². The Morgan fingerprint density at radius 2 is 0.946 bits per heavy atom. The molecule has 11 rings (SSSR count). The number of pyridine rings is 1. The molecule has 4 heterocycles. The lowest BCUT2D eigenvalue weighted by atomic mass is 9.92. The van der Waals surface area contributed by atoms with Gasteiger partial charge >= 0.3 is 0 Å². The molecular weight excluding hydrogens is 687 g/mol. The summed E-state index contributed by atoms with van der Waals surface area (Å²) in [6, 6.07) is 62.3. The second kappa shape index (κ2) is 13.0. The molecule has 4 aromatic heterocycles. The molecule has 5 heteroatoms. The van der Waals surface area contributed by atoms with E-state index in [1.54, 1.807) is 0 Å². The summed E-state index contributed by atoms with van der Waals surface area (Å²) in [5, 5.41) is 4.32. The Bertz CT molecular complexity index is 3240. The quantitative estimate of drug-likeness (QED) is 0.171. The third-order valence-electron chi connectivity index (χ3n) is 10.6. The molecule has 0 aliphatic rings. The van der Waals surface area contributed by atoms with E-state index in [1.165, 1.54) is 0 Å². The molecule has 0 radical (unpaired) electrons. The highest BCUT2D eigenvalue weighted by Gasteiger charge is 2.21. The van der Waals surface area contributed by atoms with Crippen LogP contribution in [0.25, 0.3) is 111 Å². The molecular formula is C51H31N3O2. The Hall–Kier alpha value is -7.63. The molecule has 11 aromatic rings. The molecule has 0 amide bonds. The second-order valence-electron chi connectivity index (χ2n) is 13.9. The van der Waals surface area contributed by atoms with Gasteiger partial charge in [0.15, 0.2) is 5.82 Å². The predicted octanol–water partition coefficient (Wildman–Crippen LogP) is 13.7. The third-order valence-corrected chi connectivity index (χ3v) is 10.6. The van der Waals surface area contributed by atoms with Gasteiger partial charge in [-0.05, 0) is 59.2 Å². The van der Waals surface area contributed by atoms with Crippen LogP contribution in [0.1, 0.15) is 0 Å². The van der Waals surface area contributed by atoms with E-state index in [2.05, 4.69) is 108 Å². The van der Waals surface area contributed by atoms with Gasteiger partial charge in [-0.1, -0.05) is 140 Å². The van der Waals surface area contributed by atoms with Crippen molar-refractivity contribution in [2.75, 3.05) is 0 Å². The van der Waals surface area contributed by atoms with Gasteiger partial charge in [0.25, 0.3) is 0 Å². The summed E-state index contributed by atoms with van der Waals surface area (Å²) in [5.74, 6) is 0.651. The smallest absolute Gasteiger partial charge is 0.160 e. The van der Waals surface area contributed by atoms with Crippen LogP contribution >= 0.6 is 0 Å². The fourth-order valence-electron chi connectivity index (χ4n) is 8.00. The molecule has 0 saturated carbocycles. The number of rotatable bonds is 6. The molecule has 7 aromatic carbocycles. The van der Waals surface area contributed by atoms with E-state index in [4.69, 9.17) is 18.8 Å². The molecule has 0 unspecified atom stereocenters. The van der Waals surface area contributed by atoms with Gasteiger partial charge in [-0.25, -0.2) is 9.97 Å². The summed E-state index contributed by atoms with van der Waals surface area (Å²) in [5.41, 5.74) is 14.2. The minimum absolute atomic E-state index is 0.651. The van der Waals surface area contributed by atoms with Crippen LogP contribution in [-0.4, -0.2) is 15.0 Å². The lowest BCUT2D eigenvalue weighted by molar-refractivity contribution is 0.668.